The molecular formula is C37H70O10P-. The molecule has 0 saturated heterocycles. The van der Waals surface area contributed by atoms with E-state index < -0.39 is 51.8 Å². The molecule has 284 valence electrons. The fourth-order valence-electron chi connectivity index (χ4n) is 6.05. The van der Waals surface area contributed by atoms with Gasteiger partial charge >= 0.3 is 11.9 Å². The van der Waals surface area contributed by atoms with Gasteiger partial charge in [-0.15, -0.1) is 0 Å². The number of phosphoric ester groups is 1. The SMILES string of the molecule is CCCCCCCCCCCCCC(=O)OC[C@H](COP(=O)([O-])OC[C@@H](O)CO)OC(=O)CCCCCCCC1CC1CCCCCC. The number of ether oxygens (including phenoxy) is 2. The third kappa shape index (κ3) is 26.8. The predicted molar refractivity (Wildman–Crippen MR) is 187 cm³/mol. The summed E-state index contributed by atoms with van der Waals surface area (Å²) in [5.74, 6) is 0.926. The Hall–Kier alpha value is -1.03. The summed E-state index contributed by atoms with van der Waals surface area (Å²) in [6, 6.07) is 0. The maximum absolute atomic E-state index is 12.6. The molecule has 0 bridgehead atoms. The number of hydrogen-bond donors (Lipinski definition) is 2. The van der Waals surface area contributed by atoms with Crippen molar-refractivity contribution in [1.29, 1.82) is 0 Å². The van der Waals surface area contributed by atoms with Crippen LogP contribution in [-0.2, 0) is 32.7 Å². The molecule has 0 aromatic heterocycles. The summed E-state index contributed by atoms with van der Waals surface area (Å²) in [6.45, 7) is 2.21. The number of aliphatic hydroxyl groups excluding tert-OH is 2. The Labute approximate surface area is 292 Å². The van der Waals surface area contributed by atoms with Crippen molar-refractivity contribution in [2.75, 3.05) is 26.4 Å². The average molecular weight is 706 g/mol. The summed E-state index contributed by atoms with van der Waals surface area (Å²) in [7, 11) is -4.85. The van der Waals surface area contributed by atoms with Crippen molar-refractivity contribution in [1.82, 2.24) is 0 Å². The number of carbonyl (C=O) groups excluding carboxylic acids is 2. The largest absolute Gasteiger partial charge is 0.756 e. The molecule has 5 atom stereocenters. The van der Waals surface area contributed by atoms with Crippen molar-refractivity contribution in [3.05, 3.63) is 0 Å². The summed E-state index contributed by atoms with van der Waals surface area (Å²) in [6.07, 6.45) is 25.3. The molecule has 1 aliphatic carbocycles. The molecule has 0 aromatic carbocycles. The van der Waals surface area contributed by atoms with E-state index in [-0.39, 0.29) is 19.4 Å². The van der Waals surface area contributed by atoms with Crippen LogP contribution in [0.1, 0.15) is 174 Å². The van der Waals surface area contributed by atoms with Gasteiger partial charge in [0.25, 0.3) is 7.82 Å². The van der Waals surface area contributed by atoms with E-state index in [0.717, 1.165) is 50.4 Å². The molecule has 0 amide bonds. The first-order valence-corrected chi connectivity index (χ1v) is 20.9. The van der Waals surface area contributed by atoms with Crippen molar-refractivity contribution in [3.8, 4) is 0 Å². The molecule has 0 aliphatic heterocycles. The van der Waals surface area contributed by atoms with Crippen LogP contribution in [0.4, 0.5) is 0 Å². The fraction of sp³-hybridized carbons (Fsp3) is 0.946. The number of aliphatic hydroxyl groups is 2. The van der Waals surface area contributed by atoms with Crippen LogP contribution in [0.5, 0.6) is 0 Å². The van der Waals surface area contributed by atoms with Crippen LogP contribution in [0.3, 0.4) is 0 Å². The maximum Gasteiger partial charge on any atom is 0.306 e. The Morgan fingerprint density at radius 2 is 1.10 bits per heavy atom. The zero-order chi connectivity index (χ0) is 35.3. The fourth-order valence-corrected chi connectivity index (χ4v) is 6.83. The lowest BCUT2D eigenvalue weighted by Crippen LogP contribution is -2.30. The lowest BCUT2D eigenvalue weighted by Gasteiger charge is -2.26. The number of rotatable bonds is 35. The van der Waals surface area contributed by atoms with Crippen molar-refractivity contribution in [3.63, 3.8) is 0 Å². The van der Waals surface area contributed by atoms with Crippen LogP contribution in [0.25, 0.3) is 0 Å². The Bertz CT molecular complexity index is 841. The average Bonchev–Trinajstić information content (AvgIpc) is 3.83. The van der Waals surface area contributed by atoms with Gasteiger partial charge in [-0.25, -0.2) is 0 Å². The second-order valence-corrected chi connectivity index (χ2v) is 15.3. The van der Waals surface area contributed by atoms with E-state index in [1.165, 1.54) is 96.3 Å². The lowest BCUT2D eigenvalue weighted by molar-refractivity contribution is -0.230. The van der Waals surface area contributed by atoms with Gasteiger partial charge in [0.05, 0.1) is 19.8 Å². The highest BCUT2D eigenvalue weighted by atomic mass is 31.2. The molecule has 3 unspecified atom stereocenters. The Morgan fingerprint density at radius 3 is 1.62 bits per heavy atom. The van der Waals surface area contributed by atoms with Crippen molar-refractivity contribution < 1.29 is 47.8 Å². The number of esters is 2. The third-order valence-corrected chi connectivity index (χ3v) is 10.2. The molecule has 0 aromatic rings. The predicted octanol–water partition coefficient (Wildman–Crippen LogP) is 8.33. The van der Waals surface area contributed by atoms with E-state index in [1.54, 1.807) is 0 Å². The smallest absolute Gasteiger partial charge is 0.306 e. The van der Waals surface area contributed by atoms with Crippen LogP contribution in [0.15, 0.2) is 0 Å². The summed E-state index contributed by atoms with van der Waals surface area (Å²) in [5.41, 5.74) is 0. The van der Waals surface area contributed by atoms with Crippen LogP contribution in [0, 0.1) is 11.8 Å². The highest BCUT2D eigenvalue weighted by Gasteiger charge is 2.35. The summed E-state index contributed by atoms with van der Waals surface area (Å²) in [4.78, 5) is 37.0. The molecule has 1 aliphatic rings. The van der Waals surface area contributed by atoms with Gasteiger partial charge in [-0.1, -0.05) is 142 Å². The molecule has 0 heterocycles. The molecule has 0 radical (unpaired) electrons. The highest BCUT2D eigenvalue weighted by Crippen LogP contribution is 2.45. The van der Waals surface area contributed by atoms with Crippen LogP contribution < -0.4 is 4.89 Å². The lowest BCUT2D eigenvalue weighted by atomic mass is 10.0. The monoisotopic (exact) mass is 705 g/mol. The number of unbranched alkanes of at least 4 members (excludes halogenated alkanes) is 17. The molecule has 1 rings (SSSR count). The van der Waals surface area contributed by atoms with Crippen molar-refractivity contribution >= 4 is 19.8 Å². The topological polar surface area (TPSA) is 152 Å². The molecule has 0 spiro atoms. The Morgan fingerprint density at radius 1 is 0.667 bits per heavy atom. The summed E-state index contributed by atoms with van der Waals surface area (Å²) < 4.78 is 32.2. The summed E-state index contributed by atoms with van der Waals surface area (Å²) in [5, 5.41) is 18.2. The van der Waals surface area contributed by atoms with Gasteiger partial charge in [-0.05, 0) is 31.1 Å². The quantitative estimate of drug-likeness (QED) is 0.0374. The number of phosphoric acid groups is 1. The molecule has 1 fully saturated rings. The first-order chi connectivity index (χ1) is 23.2. The third-order valence-electron chi connectivity index (χ3n) is 9.22. The first-order valence-electron chi connectivity index (χ1n) is 19.4. The second kappa shape index (κ2) is 29.7. The minimum Gasteiger partial charge on any atom is -0.756 e. The zero-order valence-electron chi connectivity index (χ0n) is 30.4. The second-order valence-electron chi connectivity index (χ2n) is 13.9. The van der Waals surface area contributed by atoms with E-state index in [0.29, 0.717) is 12.8 Å². The van der Waals surface area contributed by atoms with Crippen molar-refractivity contribution in [2.45, 2.75) is 187 Å². The normalized spacial score (nSPS) is 18.3. The zero-order valence-corrected chi connectivity index (χ0v) is 31.3. The molecule has 2 N–H and O–H groups in total. The Kier molecular flexibility index (Phi) is 27.8. The van der Waals surface area contributed by atoms with E-state index >= 15 is 0 Å². The highest BCUT2D eigenvalue weighted by molar-refractivity contribution is 7.45. The van der Waals surface area contributed by atoms with E-state index in [4.69, 9.17) is 19.1 Å². The molecule has 48 heavy (non-hydrogen) atoms. The van der Waals surface area contributed by atoms with Gasteiger partial charge in [-0.3, -0.25) is 14.2 Å². The molecule has 11 heteroatoms. The van der Waals surface area contributed by atoms with Gasteiger partial charge in [-0.2, -0.15) is 0 Å². The first kappa shape index (κ1) is 45.0. The number of carbonyl (C=O) groups is 2. The molecular weight excluding hydrogens is 635 g/mol. The van der Waals surface area contributed by atoms with Gasteiger partial charge in [0.15, 0.2) is 6.10 Å². The molecule has 1 saturated carbocycles. The van der Waals surface area contributed by atoms with E-state index in [2.05, 4.69) is 18.4 Å². The maximum atomic E-state index is 12.6. The van der Waals surface area contributed by atoms with Gasteiger partial charge in [0.1, 0.15) is 12.7 Å². The van der Waals surface area contributed by atoms with Gasteiger partial charge < -0.3 is 33.6 Å². The van der Waals surface area contributed by atoms with Crippen LogP contribution in [0.2, 0.25) is 0 Å². The minimum absolute atomic E-state index is 0.180. The molecule has 10 nitrogen and oxygen atoms in total. The van der Waals surface area contributed by atoms with Crippen molar-refractivity contribution in [2.24, 2.45) is 11.8 Å². The van der Waals surface area contributed by atoms with E-state index in [1.807, 2.05) is 0 Å². The Balaban J connectivity index is 2.29. The van der Waals surface area contributed by atoms with Crippen LogP contribution >= 0.6 is 7.82 Å². The van der Waals surface area contributed by atoms with E-state index in [9.17, 15) is 24.2 Å². The van der Waals surface area contributed by atoms with Gasteiger partial charge in [0, 0.05) is 12.8 Å². The van der Waals surface area contributed by atoms with Gasteiger partial charge in [0.2, 0.25) is 0 Å². The standard InChI is InChI=1S/C37H71O10P/c1-3-5-7-9-10-11-12-13-14-17-21-25-36(40)44-30-35(31-46-48(42,43)45-29-34(39)28-38)47-37(41)26-22-18-15-16-20-24-33-27-32(33)23-19-8-6-4-2/h32-35,38-39H,3-31H2,1-2H3,(H,42,43)/p-1/t32?,33?,34-,35+/m0/s1. The number of hydrogen-bond acceptors (Lipinski definition) is 10. The summed E-state index contributed by atoms with van der Waals surface area (Å²) >= 11 is 0. The van der Waals surface area contributed by atoms with Crippen LogP contribution in [-0.4, -0.2) is 60.8 Å². The minimum atomic E-state index is -4.85.